The van der Waals surface area contributed by atoms with Crippen molar-refractivity contribution in [3.63, 3.8) is 0 Å². The van der Waals surface area contributed by atoms with Crippen molar-refractivity contribution in [2.24, 2.45) is 11.8 Å². The fourth-order valence-corrected chi connectivity index (χ4v) is 3.96. The van der Waals surface area contributed by atoms with E-state index in [1.165, 1.54) is 0 Å². The summed E-state index contributed by atoms with van der Waals surface area (Å²) in [5, 5.41) is 6.09. The van der Waals surface area contributed by atoms with Gasteiger partial charge >= 0.3 is 5.97 Å². The maximum absolute atomic E-state index is 12.7. The lowest BCUT2D eigenvalue weighted by Crippen LogP contribution is -2.47. The maximum atomic E-state index is 12.7. The fraction of sp³-hybridized carbons (Fsp3) is 0.708. The molecule has 7 nitrogen and oxygen atoms in total. The molecule has 0 saturated carbocycles. The zero-order chi connectivity index (χ0) is 22.5. The summed E-state index contributed by atoms with van der Waals surface area (Å²) in [5.74, 6) is 1.94. The van der Waals surface area contributed by atoms with Crippen LogP contribution in [-0.4, -0.2) is 61.5 Å². The average molecular weight is 468 g/mol. The Labute approximate surface area is 198 Å². The lowest BCUT2D eigenvalue weighted by molar-refractivity contribution is -0.144. The van der Waals surface area contributed by atoms with Crippen LogP contribution in [0.15, 0.2) is 12.2 Å². The lowest BCUT2D eigenvalue weighted by atomic mass is 9.95. The number of rotatable bonds is 10. The number of hydrogen-bond donors (Lipinski definition) is 2. The van der Waals surface area contributed by atoms with Crippen LogP contribution in [0.25, 0.3) is 0 Å². The smallest absolute Gasteiger partial charge is 0.308 e. The number of halogens is 1. The second-order valence-corrected chi connectivity index (χ2v) is 8.43. The number of carbonyl (C=O) groups is 3. The largest absolute Gasteiger partial charge is 0.466 e. The first-order chi connectivity index (χ1) is 15.0. The number of likely N-dealkylation sites (tertiary alicyclic amines) is 1. The predicted molar refractivity (Wildman–Crippen MR) is 127 cm³/mol. The summed E-state index contributed by atoms with van der Waals surface area (Å²) < 4.78 is 5.18. The van der Waals surface area contributed by atoms with Gasteiger partial charge in [-0.25, -0.2) is 0 Å². The summed E-state index contributed by atoms with van der Waals surface area (Å²) in [6, 6.07) is -0.697. The van der Waals surface area contributed by atoms with Crippen molar-refractivity contribution in [3.8, 4) is 12.3 Å². The van der Waals surface area contributed by atoms with E-state index in [0.717, 1.165) is 51.6 Å². The number of esters is 1. The molecule has 2 N–H and O–H groups in total. The van der Waals surface area contributed by atoms with Gasteiger partial charge in [0, 0.05) is 13.1 Å². The SMILES string of the molecule is C#C[C@H](CC(=O)OCCCCC)NC(=O)[C@@H]1CCCN(C(=O)/C=C/C2CCNCC2)C1.Cl. The number of amides is 2. The minimum atomic E-state index is -0.697. The van der Waals surface area contributed by atoms with Crippen LogP contribution in [-0.2, 0) is 19.1 Å². The molecule has 180 valence electrons. The third kappa shape index (κ3) is 10.1. The highest BCUT2D eigenvalue weighted by molar-refractivity contribution is 5.88. The number of unbranched alkanes of at least 4 members (excludes halogenated alkanes) is 2. The highest BCUT2D eigenvalue weighted by Gasteiger charge is 2.29. The highest BCUT2D eigenvalue weighted by atomic mass is 35.5. The first-order valence-corrected chi connectivity index (χ1v) is 11.6. The molecule has 0 aliphatic carbocycles. The number of nitrogens with one attached hydrogen (secondary N) is 2. The van der Waals surface area contributed by atoms with E-state index in [9.17, 15) is 14.4 Å². The van der Waals surface area contributed by atoms with Crippen LogP contribution in [0.4, 0.5) is 0 Å². The Balaban J connectivity index is 0.00000512. The Kier molecular flexibility index (Phi) is 13.7. The molecule has 0 bridgehead atoms. The number of allylic oxidation sites excluding steroid dienone is 1. The van der Waals surface area contributed by atoms with Crippen molar-refractivity contribution >= 4 is 30.2 Å². The van der Waals surface area contributed by atoms with Gasteiger partial charge in [0.1, 0.15) is 6.04 Å². The van der Waals surface area contributed by atoms with Gasteiger partial charge < -0.3 is 20.3 Å². The molecule has 32 heavy (non-hydrogen) atoms. The van der Waals surface area contributed by atoms with E-state index >= 15 is 0 Å². The van der Waals surface area contributed by atoms with Crippen LogP contribution in [0, 0.1) is 24.2 Å². The molecule has 0 aromatic heterocycles. The molecule has 0 aromatic carbocycles. The summed E-state index contributed by atoms with van der Waals surface area (Å²) in [5.41, 5.74) is 0. The zero-order valence-corrected chi connectivity index (χ0v) is 20.0. The van der Waals surface area contributed by atoms with Gasteiger partial charge in [0.15, 0.2) is 0 Å². The molecule has 0 unspecified atom stereocenters. The Hall–Kier alpha value is -2.04. The average Bonchev–Trinajstić information content (AvgIpc) is 2.80. The van der Waals surface area contributed by atoms with Gasteiger partial charge in [0.25, 0.3) is 0 Å². The molecule has 8 heteroatoms. The minimum absolute atomic E-state index is 0. The van der Waals surface area contributed by atoms with E-state index in [1.807, 2.05) is 6.08 Å². The van der Waals surface area contributed by atoms with E-state index in [0.29, 0.717) is 32.0 Å². The predicted octanol–water partition coefficient (Wildman–Crippen LogP) is 2.44. The van der Waals surface area contributed by atoms with Crippen LogP contribution in [0.2, 0.25) is 0 Å². The maximum Gasteiger partial charge on any atom is 0.308 e. The molecule has 2 aliphatic rings. The van der Waals surface area contributed by atoms with Crippen molar-refractivity contribution in [1.82, 2.24) is 15.5 Å². The van der Waals surface area contributed by atoms with Crippen LogP contribution < -0.4 is 10.6 Å². The van der Waals surface area contributed by atoms with Gasteiger partial charge in [0.05, 0.1) is 18.9 Å². The van der Waals surface area contributed by atoms with Crippen LogP contribution in [0.3, 0.4) is 0 Å². The summed E-state index contributed by atoms with van der Waals surface area (Å²) in [4.78, 5) is 39.0. The molecule has 2 saturated heterocycles. The number of terminal acetylenes is 1. The zero-order valence-electron chi connectivity index (χ0n) is 19.1. The van der Waals surface area contributed by atoms with E-state index in [-0.39, 0.29) is 36.6 Å². The molecule has 2 heterocycles. The molecule has 2 rings (SSSR count). The van der Waals surface area contributed by atoms with Crippen molar-refractivity contribution < 1.29 is 19.1 Å². The number of ether oxygens (including phenoxy) is 1. The molecule has 2 fully saturated rings. The quantitative estimate of drug-likeness (QED) is 0.223. The van der Waals surface area contributed by atoms with E-state index in [2.05, 4.69) is 23.5 Å². The molecule has 2 amide bonds. The Morgan fingerprint density at radius 3 is 2.69 bits per heavy atom. The topological polar surface area (TPSA) is 87.7 Å². The number of nitrogens with zero attached hydrogens (tertiary/aromatic N) is 1. The Morgan fingerprint density at radius 2 is 2.00 bits per heavy atom. The number of carbonyl (C=O) groups excluding carboxylic acids is 3. The van der Waals surface area contributed by atoms with Gasteiger partial charge in [-0.15, -0.1) is 18.8 Å². The second-order valence-electron chi connectivity index (χ2n) is 8.43. The van der Waals surface area contributed by atoms with Crippen molar-refractivity contribution in [2.75, 3.05) is 32.8 Å². The molecule has 0 spiro atoms. The molecular weight excluding hydrogens is 430 g/mol. The van der Waals surface area contributed by atoms with E-state index in [1.54, 1.807) is 11.0 Å². The molecule has 0 aromatic rings. The number of hydrogen-bond acceptors (Lipinski definition) is 5. The van der Waals surface area contributed by atoms with Crippen LogP contribution >= 0.6 is 12.4 Å². The van der Waals surface area contributed by atoms with Crippen LogP contribution in [0.5, 0.6) is 0 Å². The Morgan fingerprint density at radius 1 is 1.25 bits per heavy atom. The summed E-state index contributed by atoms with van der Waals surface area (Å²) in [6.07, 6.45) is 15.6. The first kappa shape index (κ1) is 28.0. The summed E-state index contributed by atoms with van der Waals surface area (Å²) >= 11 is 0. The third-order valence-corrected chi connectivity index (χ3v) is 5.90. The van der Waals surface area contributed by atoms with Gasteiger partial charge in [-0.05, 0) is 57.2 Å². The minimum Gasteiger partial charge on any atom is -0.466 e. The Bertz CT molecular complexity index is 671. The van der Waals surface area contributed by atoms with Crippen molar-refractivity contribution in [2.45, 2.75) is 64.3 Å². The monoisotopic (exact) mass is 467 g/mol. The summed E-state index contributed by atoms with van der Waals surface area (Å²) in [6.45, 7) is 5.45. The van der Waals surface area contributed by atoms with Crippen molar-refractivity contribution in [1.29, 1.82) is 0 Å². The van der Waals surface area contributed by atoms with Crippen molar-refractivity contribution in [3.05, 3.63) is 12.2 Å². The standard InChI is InChI=1S/C24H37N3O4.ClH/c1-3-5-6-16-31-23(29)17-21(4-2)26-24(30)20-8-7-15-27(18-20)22(28)10-9-19-11-13-25-14-12-19;/h2,9-10,19-21,25H,3,5-8,11-18H2,1H3,(H,26,30);1H/b10-9+;/t20-,21-;/m1./s1. The fourth-order valence-electron chi connectivity index (χ4n) is 3.96. The van der Waals surface area contributed by atoms with Crippen LogP contribution in [0.1, 0.15) is 58.3 Å². The second kappa shape index (κ2) is 15.7. The van der Waals surface area contributed by atoms with Gasteiger partial charge in [-0.2, -0.15) is 0 Å². The van der Waals surface area contributed by atoms with E-state index in [4.69, 9.17) is 11.2 Å². The highest BCUT2D eigenvalue weighted by Crippen LogP contribution is 2.18. The molecular formula is C24H38ClN3O4. The molecule has 2 atom stereocenters. The third-order valence-electron chi connectivity index (χ3n) is 5.90. The molecule has 0 radical (unpaired) electrons. The molecule has 2 aliphatic heterocycles. The van der Waals surface area contributed by atoms with Gasteiger partial charge in [0.2, 0.25) is 11.8 Å². The summed E-state index contributed by atoms with van der Waals surface area (Å²) in [7, 11) is 0. The van der Waals surface area contributed by atoms with Gasteiger partial charge in [-0.1, -0.05) is 31.8 Å². The first-order valence-electron chi connectivity index (χ1n) is 11.6. The van der Waals surface area contributed by atoms with E-state index < -0.39 is 12.0 Å². The normalized spacial score (nSPS) is 20.1. The number of piperidine rings is 2. The van der Waals surface area contributed by atoms with Gasteiger partial charge in [-0.3, -0.25) is 14.4 Å². The lowest BCUT2D eigenvalue weighted by Gasteiger charge is -2.32.